The number of nitrogens with zero attached hydrogens (tertiary/aromatic N) is 1. The van der Waals surface area contributed by atoms with Crippen LogP contribution in [0.2, 0.25) is 0 Å². The van der Waals surface area contributed by atoms with Crippen molar-refractivity contribution in [2.24, 2.45) is 0 Å². The first kappa shape index (κ1) is 16.2. The first-order valence-corrected chi connectivity index (χ1v) is 6.56. The van der Waals surface area contributed by atoms with E-state index in [9.17, 15) is 19.7 Å². The maximum atomic E-state index is 11.3. The van der Waals surface area contributed by atoms with Gasteiger partial charge in [0.15, 0.2) is 17.3 Å². The molecule has 0 atom stereocenters. The Hall–Kier alpha value is -3.22. The Labute approximate surface area is 131 Å². The zero-order valence-corrected chi connectivity index (χ0v) is 12.4. The van der Waals surface area contributed by atoms with Crippen molar-refractivity contribution < 1.29 is 24.0 Å². The summed E-state index contributed by atoms with van der Waals surface area (Å²) in [6.07, 6.45) is 0.649. The topological polar surface area (TPSA) is 95.7 Å². The number of Topliss-reactive ketones (excluding diaryl/α,β-unsaturated/α-hetero) is 1. The van der Waals surface area contributed by atoms with Crippen LogP contribution in [-0.4, -0.2) is 24.1 Å². The molecule has 0 aliphatic heterocycles. The molecule has 0 N–H and O–H groups in total. The van der Waals surface area contributed by atoms with Crippen LogP contribution in [-0.2, 0) is 0 Å². The second kappa shape index (κ2) is 6.69. The fourth-order valence-corrected chi connectivity index (χ4v) is 1.93. The summed E-state index contributed by atoms with van der Waals surface area (Å²) in [4.78, 5) is 32.7. The first-order valence-electron chi connectivity index (χ1n) is 6.56. The highest BCUT2D eigenvalue weighted by molar-refractivity contribution is 5.95. The van der Waals surface area contributed by atoms with Crippen molar-refractivity contribution in [3.8, 4) is 17.2 Å². The molecule has 0 aromatic heterocycles. The van der Waals surface area contributed by atoms with Crippen LogP contribution in [0.25, 0.3) is 0 Å². The molecule has 0 amide bonds. The zero-order chi connectivity index (χ0) is 17.0. The summed E-state index contributed by atoms with van der Waals surface area (Å²) in [6, 6.07) is 8.38. The van der Waals surface area contributed by atoms with Crippen LogP contribution in [0, 0.1) is 10.1 Å². The number of rotatable bonds is 6. The summed E-state index contributed by atoms with van der Waals surface area (Å²) in [7, 11) is 1.39. The molecule has 0 saturated carbocycles. The summed E-state index contributed by atoms with van der Waals surface area (Å²) in [5.74, 6) is 0.168. The third-order valence-corrected chi connectivity index (χ3v) is 3.11. The molecule has 0 heterocycles. The Kier molecular flexibility index (Phi) is 4.70. The molecule has 0 aliphatic carbocycles. The normalized spacial score (nSPS) is 10.0. The van der Waals surface area contributed by atoms with Gasteiger partial charge in [-0.3, -0.25) is 19.7 Å². The van der Waals surface area contributed by atoms with E-state index >= 15 is 0 Å². The van der Waals surface area contributed by atoms with E-state index in [0.717, 1.165) is 6.07 Å². The molecular formula is C16H13NO6. The second-order valence-electron chi connectivity index (χ2n) is 4.63. The predicted molar refractivity (Wildman–Crippen MR) is 81.6 cm³/mol. The molecule has 0 aliphatic rings. The van der Waals surface area contributed by atoms with Gasteiger partial charge in [0.05, 0.1) is 12.0 Å². The van der Waals surface area contributed by atoms with Crippen LogP contribution in [0.1, 0.15) is 27.6 Å². The van der Waals surface area contributed by atoms with Crippen LogP contribution in [0.3, 0.4) is 0 Å². The first-order chi connectivity index (χ1) is 11.0. The van der Waals surface area contributed by atoms with Gasteiger partial charge >= 0.3 is 5.69 Å². The average molecular weight is 315 g/mol. The number of ether oxygens (including phenoxy) is 2. The monoisotopic (exact) mass is 315 g/mol. The Morgan fingerprint density at radius 3 is 2.39 bits per heavy atom. The molecule has 7 heteroatoms. The van der Waals surface area contributed by atoms with Crippen molar-refractivity contribution in [2.75, 3.05) is 7.11 Å². The van der Waals surface area contributed by atoms with Crippen LogP contribution >= 0.6 is 0 Å². The van der Waals surface area contributed by atoms with Gasteiger partial charge in [-0.2, -0.15) is 0 Å². The van der Waals surface area contributed by atoms with E-state index in [2.05, 4.69) is 0 Å². The van der Waals surface area contributed by atoms with Gasteiger partial charge in [0, 0.05) is 17.2 Å². The number of nitro benzene ring substituents is 1. The zero-order valence-electron chi connectivity index (χ0n) is 12.4. The summed E-state index contributed by atoms with van der Waals surface area (Å²) < 4.78 is 10.6. The van der Waals surface area contributed by atoms with Crippen molar-refractivity contribution in [3.63, 3.8) is 0 Å². The minimum atomic E-state index is -0.631. The van der Waals surface area contributed by atoms with E-state index in [1.165, 1.54) is 44.4 Å². The van der Waals surface area contributed by atoms with Gasteiger partial charge in [0.1, 0.15) is 6.29 Å². The molecular weight excluding hydrogens is 302 g/mol. The number of carbonyl (C=O) groups excluding carboxylic acids is 2. The van der Waals surface area contributed by atoms with Crippen molar-refractivity contribution in [1.82, 2.24) is 0 Å². The van der Waals surface area contributed by atoms with Gasteiger partial charge in [0.2, 0.25) is 5.75 Å². The lowest BCUT2D eigenvalue weighted by Gasteiger charge is -2.11. The number of carbonyl (C=O) groups is 2. The van der Waals surface area contributed by atoms with Crippen molar-refractivity contribution in [3.05, 3.63) is 57.6 Å². The van der Waals surface area contributed by atoms with E-state index in [4.69, 9.17) is 9.47 Å². The lowest BCUT2D eigenvalue weighted by atomic mass is 10.1. The van der Waals surface area contributed by atoms with Crippen molar-refractivity contribution >= 4 is 17.8 Å². The Balaban J connectivity index is 2.45. The molecule has 7 nitrogen and oxygen atoms in total. The fourth-order valence-electron chi connectivity index (χ4n) is 1.93. The molecule has 0 radical (unpaired) electrons. The molecule has 0 unspecified atom stereocenters. The summed E-state index contributed by atoms with van der Waals surface area (Å²) in [6.45, 7) is 1.32. The van der Waals surface area contributed by atoms with Gasteiger partial charge in [-0.25, -0.2) is 0 Å². The Morgan fingerprint density at radius 1 is 1.13 bits per heavy atom. The van der Waals surface area contributed by atoms with Gasteiger partial charge in [-0.15, -0.1) is 0 Å². The number of hydrogen-bond donors (Lipinski definition) is 0. The van der Waals surface area contributed by atoms with E-state index < -0.39 is 4.92 Å². The van der Waals surface area contributed by atoms with Crippen LogP contribution in [0.15, 0.2) is 36.4 Å². The summed E-state index contributed by atoms with van der Waals surface area (Å²) in [5, 5.41) is 11.2. The fraction of sp³-hybridized carbons (Fsp3) is 0.125. The second-order valence-corrected chi connectivity index (χ2v) is 4.63. The van der Waals surface area contributed by atoms with Crippen molar-refractivity contribution in [2.45, 2.75) is 6.92 Å². The molecule has 0 spiro atoms. The van der Waals surface area contributed by atoms with Crippen molar-refractivity contribution in [1.29, 1.82) is 0 Å². The molecule has 2 aromatic rings. The van der Waals surface area contributed by atoms with Gasteiger partial charge < -0.3 is 9.47 Å². The predicted octanol–water partition coefficient (Wildman–Crippen LogP) is 3.41. The summed E-state index contributed by atoms with van der Waals surface area (Å²) >= 11 is 0. The average Bonchev–Trinajstić information content (AvgIpc) is 2.55. The quantitative estimate of drug-likeness (QED) is 0.351. The van der Waals surface area contributed by atoms with Gasteiger partial charge in [-0.1, -0.05) is 0 Å². The third kappa shape index (κ3) is 3.52. The molecule has 118 valence electrons. The Bertz CT molecular complexity index is 784. The number of benzene rings is 2. The maximum absolute atomic E-state index is 11.3. The highest BCUT2D eigenvalue weighted by Gasteiger charge is 2.19. The van der Waals surface area contributed by atoms with Crippen LogP contribution < -0.4 is 9.47 Å². The van der Waals surface area contributed by atoms with Gasteiger partial charge in [-0.05, 0) is 37.3 Å². The van der Waals surface area contributed by atoms with E-state index in [-0.39, 0.29) is 34.3 Å². The third-order valence-electron chi connectivity index (χ3n) is 3.11. The van der Waals surface area contributed by atoms with E-state index in [1.807, 2.05) is 0 Å². The lowest BCUT2D eigenvalue weighted by Crippen LogP contribution is -1.99. The van der Waals surface area contributed by atoms with Gasteiger partial charge in [0.25, 0.3) is 0 Å². The number of nitro groups is 1. The number of methoxy groups -OCH3 is 1. The number of aldehydes is 1. The molecule has 0 bridgehead atoms. The highest BCUT2D eigenvalue weighted by atomic mass is 16.6. The van der Waals surface area contributed by atoms with E-state index in [0.29, 0.717) is 11.8 Å². The molecule has 2 rings (SSSR count). The standard InChI is InChI=1S/C16H13NO6/c1-10(19)12-4-6-14(13(8-12)17(20)21)23-15-5-3-11(9-18)7-16(15)22-2/h3-9H,1-2H3. The van der Waals surface area contributed by atoms with Crippen LogP contribution in [0.5, 0.6) is 17.2 Å². The van der Waals surface area contributed by atoms with Crippen LogP contribution in [0.4, 0.5) is 5.69 Å². The molecule has 23 heavy (non-hydrogen) atoms. The number of ketones is 1. The SMILES string of the molecule is COc1cc(C=O)ccc1Oc1ccc(C(C)=O)cc1[N+](=O)[O-]. The number of hydrogen-bond acceptors (Lipinski definition) is 6. The minimum absolute atomic E-state index is 0.0304. The highest BCUT2D eigenvalue weighted by Crippen LogP contribution is 2.37. The van der Waals surface area contributed by atoms with E-state index in [1.54, 1.807) is 0 Å². The molecule has 0 fully saturated rings. The lowest BCUT2D eigenvalue weighted by molar-refractivity contribution is -0.385. The minimum Gasteiger partial charge on any atom is -0.493 e. The summed E-state index contributed by atoms with van der Waals surface area (Å²) in [5.41, 5.74) is 0.266. The Morgan fingerprint density at radius 2 is 1.83 bits per heavy atom. The largest absolute Gasteiger partial charge is 0.493 e. The molecule has 2 aromatic carbocycles. The maximum Gasteiger partial charge on any atom is 0.312 e. The molecule has 0 saturated heterocycles. The smallest absolute Gasteiger partial charge is 0.312 e.